The number of hydrogen-bond acceptors (Lipinski definition) is 7. The Morgan fingerprint density at radius 1 is 1.09 bits per heavy atom. The fourth-order valence-corrected chi connectivity index (χ4v) is 5.86. The third kappa shape index (κ3) is 1.12. The maximum atomic E-state index is 11.6. The van der Waals surface area contributed by atoms with Crippen LogP contribution in [-0.4, -0.2) is 67.6 Å². The van der Waals surface area contributed by atoms with Crippen LogP contribution in [0.25, 0.3) is 0 Å². The van der Waals surface area contributed by atoms with Gasteiger partial charge in [0.05, 0.1) is 18.1 Å². The molecule has 0 aromatic carbocycles. The first-order chi connectivity index (χ1) is 9.98. The summed E-state index contributed by atoms with van der Waals surface area (Å²) in [5.41, 5.74) is -6.23. The van der Waals surface area contributed by atoms with E-state index in [2.05, 4.69) is 0 Å². The quantitative estimate of drug-likeness (QED) is 0.377. The van der Waals surface area contributed by atoms with Gasteiger partial charge in [0.1, 0.15) is 17.3 Å². The van der Waals surface area contributed by atoms with Gasteiger partial charge in [-0.05, 0) is 19.3 Å². The van der Waals surface area contributed by atoms with Gasteiger partial charge in [-0.3, -0.25) is 0 Å². The van der Waals surface area contributed by atoms with Crippen LogP contribution >= 0.6 is 0 Å². The molecule has 5 N–H and O–H groups in total. The normalized spacial score (nSPS) is 69.8. The van der Waals surface area contributed by atoms with Crippen molar-refractivity contribution in [2.24, 2.45) is 16.7 Å². The average molecular weight is 316 g/mol. The zero-order valence-corrected chi connectivity index (χ0v) is 13.0. The van der Waals surface area contributed by atoms with Gasteiger partial charge in [-0.15, -0.1) is 0 Å². The molecule has 0 amide bonds. The molecule has 9 unspecified atom stereocenters. The van der Waals surface area contributed by atoms with E-state index in [9.17, 15) is 25.5 Å². The second-order valence-electron chi connectivity index (χ2n) is 8.07. The van der Waals surface area contributed by atoms with Crippen molar-refractivity contribution >= 4 is 0 Å². The molecule has 2 saturated carbocycles. The van der Waals surface area contributed by atoms with E-state index in [-0.39, 0.29) is 25.4 Å². The summed E-state index contributed by atoms with van der Waals surface area (Å²) < 4.78 is 11.1. The minimum atomic E-state index is -1.95. The molecule has 7 nitrogen and oxygen atoms in total. The Balaban J connectivity index is 2.08. The van der Waals surface area contributed by atoms with Gasteiger partial charge in [-0.25, -0.2) is 0 Å². The molecule has 0 aromatic rings. The monoisotopic (exact) mass is 316 g/mol. The maximum absolute atomic E-state index is 11.6. The molecule has 1 spiro atoms. The van der Waals surface area contributed by atoms with E-state index >= 15 is 0 Å². The second kappa shape index (κ2) is 3.69. The van der Waals surface area contributed by atoms with E-state index in [1.807, 2.05) is 6.92 Å². The summed E-state index contributed by atoms with van der Waals surface area (Å²) in [7, 11) is 0. The predicted octanol–water partition coefficient (Wildman–Crippen LogP) is -1.30. The van der Waals surface area contributed by atoms with E-state index in [0.29, 0.717) is 0 Å². The van der Waals surface area contributed by atoms with Gasteiger partial charge in [-0.1, -0.05) is 13.8 Å². The number of aliphatic hydroxyl groups excluding tert-OH is 2. The standard InChI is InChI=1S/C15H24O7/c1-7-4-8(16)15(20)11(2)6-21-10-9(17)13(7,15)5-14(19,22-10)12(11,3)18/h7-10,16-20H,4-6H2,1-3H3. The fraction of sp³-hybridized carbons (Fsp3) is 1.00. The van der Waals surface area contributed by atoms with Crippen molar-refractivity contribution in [1.82, 2.24) is 0 Å². The first-order valence-electron chi connectivity index (χ1n) is 7.81. The molecule has 5 aliphatic rings. The minimum Gasteiger partial charge on any atom is -0.390 e. The van der Waals surface area contributed by atoms with Crippen molar-refractivity contribution in [3.05, 3.63) is 0 Å². The summed E-state index contributed by atoms with van der Waals surface area (Å²) in [5.74, 6) is -2.22. The molecular weight excluding hydrogens is 292 g/mol. The lowest BCUT2D eigenvalue weighted by Crippen LogP contribution is -2.84. The van der Waals surface area contributed by atoms with Crippen LogP contribution in [0.2, 0.25) is 0 Å². The lowest BCUT2D eigenvalue weighted by molar-refractivity contribution is -0.452. The topological polar surface area (TPSA) is 120 Å². The molecule has 7 heteroatoms. The first-order valence-corrected chi connectivity index (χ1v) is 7.81. The van der Waals surface area contributed by atoms with Gasteiger partial charge in [0, 0.05) is 11.8 Å². The summed E-state index contributed by atoms with van der Waals surface area (Å²) in [6.07, 6.45) is -3.34. The Labute approximate surface area is 128 Å². The Kier molecular flexibility index (Phi) is 2.56. The van der Waals surface area contributed by atoms with Gasteiger partial charge >= 0.3 is 0 Å². The molecule has 5 fully saturated rings. The van der Waals surface area contributed by atoms with Crippen LogP contribution in [0, 0.1) is 16.7 Å². The summed E-state index contributed by atoms with van der Waals surface area (Å²) in [6.45, 7) is 4.68. The number of fused-ring (bicyclic) bond motifs is 1. The highest BCUT2D eigenvalue weighted by molar-refractivity contribution is 5.33. The fourth-order valence-electron chi connectivity index (χ4n) is 5.86. The molecular formula is C15H24O7. The van der Waals surface area contributed by atoms with Gasteiger partial charge in [-0.2, -0.15) is 0 Å². The van der Waals surface area contributed by atoms with Crippen molar-refractivity contribution in [1.29, 1.82) is 0 Å². The second-order valence-corrected chi connectivity index (χ2v) is 8.07. The molecule has 126 valence electrons. The Morgan fingerprint density at radius 2 is 1.73 bits per heavy atom. The van der Waals surface area contributed by atoms with Crippen molar-refractivity contribution in [2.75, 3.05) is 6.61 Å². The summed E-state index contributed by atoms with van der Waals surface area (Å²) >= 11 is 0. The van der Waals surface area contributed by atoms with Gasteiger partial charge in [0.2, 0.25) is 0 Å². The van der Waals surface area contributed by atoms with Gasteiger partial charge in [0.25, 0.3) is 0 Å². The van der Waals surface area contributed by atoms with Crippen LogP contribution in [0.5, 0.6) is 0 Å². The Bertz CT molecular complexity index is 530. The summed E-state index contributed by atoms with van der Waals surface area (Å²) in [5, 5.41) is 55.1. The highest BCUT2D eigenvalue weighted by atomic mass is 16.8. The van der Waals surface area contributed by atoms with Crippen molar-refractivity contribution in [3.8, 4) is 0 Å². The molecule has 2 aliphatic carbocycles. The predicted molar refractivity (Wildman–Crippen MR) is 72.3 cm³/mol. The molecule has 0 radical (unpaired) electrons. The van der Waals surface area contributed by atoms with Crippen LogP contribution in [-0.2, 0) is 9.47 Å². The van der Waals surface area contributed by atoms with E-state index in [1.54, 1.807) is 6.92 Å². The van der Waals surface area contributed by atoms with Crippen LogP contribution in [0.3, 0.4) is 0 Å². The average Bonchev–Trinajstić information content (AvgIpc) is 2.56. The Hall–Kier alpha value is -0.280. The minimum absolute atomic E-state index is 0.133. The molecule has 9 atom stereocenters. The summed E-state index contributed by atoms with van der Waals surface area (Å²) in [6, 6.07) is 0. The van der Waals surface area contributed by atoms with E-state index in [4.69, 9.17) is 9.47 Å². The third-order valence-corrected chi connectivity index (χ3v) is 7.49. The molecule has 0 aromatic heterocycles. The molecule has 3 aliphatic heterocycles. The number of ether oxygens (including phenoxy) is 2. The van der Waals surface area contributed by atoms with Gasteiger partial charge in [0.15, 0.2) is 12.1 Å². The number of hydrogen-bond donors (Lipinski definition) is 5. The lowest BCUT2D eigenvalue weighted by Gasteiger charge is -2.69. The molecule has 3 heterocycles. The third-order valence-electron chi connectivity index (χ3n) is 7.49. The van der Waals surface area contributed by atoms with Crippen molar-refractivity contribution < 1.29 is 35.0 Å². The van der Waals surface area contributed by atoms with Crippen LogP contribution in [0.4, 0.5) is 0 Å². The SMILES string of the molecule is CC1CC(O)C2(O)C13CC1(O)OC(OCC2(C)C1(C)O)C3O. The van der Waals surface area contributed by atoms with Crippen molar-refractivity contribution in [3.63, 3.8) is 0 Å². The zero-order valence-electron chi connectivity index (χ0n) is 13.0. The number of aliphatic hydroxyl groups is 5. The molecule has 3 saturated heterocycles. The summed E-state index contributed by atoms with van der Waals surface area (Å²) in [4.78, 5) is 0. The highest BCUT2D eigenvalue weighted by Gasteiger charge is 2.87. The van der Waals surface area contributed by atoms with Crippen LogP contribution < -0.4 is 0 Å². The number of rotatable bonds is 0. The smallest absolute Gasteiger partial charge is 0.199 e. The largest absolute Gasteiger partial charge is 0.390 e. The van der Waals surface area contributed by atoms with Crippen LogP contribution in [0.1, 0.15) is 33.6 Å². The molecule has 5 rings (SSSR count). The zero-order chi connectivity index (χ0) is 16.3. The van der Waals surface area contributed by atoms with Crippen molar-refractivity contribution in [2.45, 2.75) is 69.1 Å². The van der Waals surface area contributed by atoms with Gasteiger partial charge < -0.3 is 35.0 Å². The van der Waals surface area contributed by atoms with E-state index in [1.165, 1.54) is 6.92 Å². The molecule has 4 bridgehead atoms. The lowest BCUT2D eigenvalue weighted by atomic mass is 9.43. The highest BCUT2D eigenvalue weighted by Crippen LogP contribution is 2.74. The van der Waals surface area contributed by atoms with E-state index in [0.717, 1.165) is 0 Å². The first kappa shape index (κ1) is 15.3. The maximum Gasteiger partial charge on any atom is 0.199 e. The van der Waals surface area contributed by atoms with E-state index < -0.39 is 46.3 Å². The van der Waals surface area contributed by atoms with Crippen LogP contribution in [0.15, 0.2) is 0 Å². The Morgan fingerprint density at radius 3 is 2.36 bits per heavy atom. The molecule has 22 heavy (non-hydrogen) atoms.